The zero-order valence-electron chi connectivity index (χ0n) is 11.5. The Morgan fingerprint density at radius 2 is 2.15 bits per heavy atom. The number of fused-ring (bicyclic) bond motifs is 1. The van der Waals surface area contributed by atoms with Crippen LogP contribution in [0.5, 0.6) is 0 Å². The summed E-state index contributed by atoms with van der Waals surface area (Å²) in [6.45, 7) is 2.07. The number of benzene rings is 1. The molecule has 0 saturated carbocycles. The van der Waals surface area contributed by atoms with E-state index in [0.29, 0.717) is 13.2 Å². The summed E-state index contributed by atoms with van der Waals surface area (Å²) in [6.07, 6.45) is 2.45. The molecule has 0 aromatic heterocycles. The smallest absolute Gasteiger partial charge is 0.256 e. The number of carbonyl (C=O) groups excluding carboxylic acids is 1. The summed E-state index contributed by atoms with van der Waals surface area (Å²) >= 11 is 0. The highest BCUT2D eigenvalue weighted by molar-refractivity contribution is 5.85. The molecule has 4 nitrogen and oxygen atoms in total. The molecular weight excluding hydrogens is 276 g/mol. The number of piperidine rings is 1. The van der Waals surface area contributed by atoms with E-state index in [0.717, 1.165) is 31.4 Å². The lowest BCUT2D eigenvalue weighted by Gasteiger charge is -2.35. The molecule has 1 fully saturated rings. The van der Waals surface area contributed by atoms with E-state index in [2.05, 4.69) is 6.07 Å². The maximum absolute atomic E-state index is 12.6. The molecule has 1 saturated heterocycles. The van der Waals surface area contributed by atoms with Crippen LogP contribution in [0.4, 0.5) is 0 Å². The molecule has 2 atom stereocenters. The normalized spacial score (nSPS) is 25.6. The molecule has 5 heteroatoms. The highest BCUT2D eigenvalue weighted by atomic mass is 35.5. The van der Waals surface area contributed by atoms with Crippen LogP contribution in [0, 0.1) is 0 Å². The third kappa shape index (κ3) is 2.97. The Hall–Kier alpha value is -1.10. The lowest BCUT2D eigenvalue weighted by Crippen LogP contribution is -2.48. The van der Waals surface area contributed by atoms with Gasteiger partial charge in [0.2, 0.25) is 0 Å². The minimum absolute atomic E-state index is 0. The maximum Gasteiger partial charge on any atom is 0.256 e. The molecule has 0 aliphatic carbocycles. The quantitative estimate of drug-likeness (QED) is 0.858. The van der Waals surface area contributed by atoms with Crippen LogP contribution < -0.4 is 5.73 Å². The van der Waals surface area contributed by atoms with Crippen LogP contribution in [0.3, 0.4) is 0 Å². The molecule has 3 rings (SSSR count). The van der Waals surface area contributed by atoms with Crippen molar-refractivity contribution in [3.63, 3.8) is 0 Å². The van der Waals surface area contributed by atoms with Crippen molar-refractivity contribution < 1.29 is 9.53 Å². The van der Waals surface area contributed by atoms with E-state index in [9.17, 15) is 4.79 Å². The van der Waals surface area contributed by atoms with Gasteiger partial charge in [0.15, 0.2) is 6.10 Å². The Kier molecular flexibility index (Phi) is 5.02. The molecule has 0 bridgehead atoms. The molecule has 2 unspecified atom stereocenters. The molecule has 1 amide bonds. The second-order valence-corrected chi connectivity index (χ2v) is 5.39. The first kappa shape index (κ1) is 15.3. The number of ether oxygens (including phenoxy) is 1. The molecule has 1 aromatic rings. The van der Waals surface area contributed by atoms with Gasteiger partial charge < -0.3 is 15.4 Å². The van der Waals surface area contributed by atoms with Crippen molar-refractivity contribution in [2.75, 3.05) is 19.7 Å². The lowest BCUT2D eigenvalue weighted by molar-refractivity contribution is -0.146. The first-order valence-electron chi connectivity index (χ1n) is 6.99. The Balaban J connectivity index is 0.00000147. The van der Waals surface area contributed by atoms with E-state index >= 15 is 0 Å². The number of hydrogen-bond acceptors (Lipinski definition) is 3. The molecular formula is C15H21ClN2O2. The van der Waals surface area contributed by atoms with Crippen molar-refractivity contribution >= 4 is 18.3 Å². The average molecular weight is 297 g/mol. The van der Waals surface area contributed by atoms with Crippen LogP contribution in [0.15, 0.2) is 24.3 Å². The first-order valence-corrected chi connectivity index (χ1v) is 6.99. The summed E-state index contributed by atoms with van der Waals surface area (Å²) in [4.78, 5) is 14.5. The van der Waals surface area contributed by atoms with Gasteiger partial charge in [-0.1, -0.05) is 24.3 Å². The zero-order chi connectivity index (χ0) is 13.2. The van der Waals surface area contributed by atoms with E-state index in [1.165, 1.54) is 5.56 Å². The molecule has 20 heavy (non-hydrogen) atoms. The highest BCUT2D eigenvalue weighted by Gasteiger charge is 2.32. The van der Waals surface area contributed by atoms with Gasteiger partial charge in [-0.05, 0) is 30.4 Å². The molecule has 0 radical (unpaired) electrons. The summed E-state index contributed by atoms with van der Waals surface area (Å²) in [6, 6.07) is 8.18. The molecule has 0 spiro atoms. The molecule has 1 aromatic carbocycles. The van der Waals surface area contributed by atoms with Gasteiger partial charge in [-0.3, -0.25) is 4.79 Å². The summed E-state index contributed by atoms with van der Waals surface area (Å²) in [5, 5.41) is 0. The summed E-state index contributed by atoms with van der Waals surface area (Å²) in [5.74, 6) is 0.0716. The van der Waals surface area contributed by atoms with E-state index < -0.39 is 6.10 Å². The van der Waals surface area contributed by atoms with Crippen LogP contribution >= 0.6 is 12.4 Å². The maximum atomic E-state index is 12.6. The second-order valence-electron chi connectivity index (χ2n) is 5.39. The molecule has 2 aliphatic rings. The molecule has 2 heterocycles. The fraction of sp³-hybridized carbons (Fsp3) is 0.533. The van der Waals surface area contributed by atoms with Gasteiger partial charge in [-0.15, -0.1) is 12.4 Å². The number of carbonyl (C=O) groups is 1. The number of hydrogen-bond donors (Lipinski definition) is 1. The van der Waals surface area contributed by atoms with Crippen molar-refractivity contribution in [3.05, 3.63) is 35.4 Å². The topological polar surface area (TPSA) is 55.6 Å². The van der Waals surface area contributed by atoms with Gasteiger partial charge in [-0.2, -0.15) is 0 Å². The van der Waals surface area contributed by atoms with Crippen molar-refractivity contribution in [3.8, 4) is 0 Å². The Morgan fingerprint density at radius 1 is 1.35 bits per heavy atom. The molecule has 2 N–H and O–H groups in total. The van der Waals surface area contributed by atoms with Crippen LogP contribution in [0.1, 0.15) is 30.1 Å². The highest BCUT2D eigenvalue weighted by Crippen LogP contribution is 2.29. The minimum Gasteiger partial charge on any atom is -0.363 e. The van der Waals surface area contributed by atoms with Crippen LogP contribution in [-0.2, 0) is 16.0 Å². The van der Waals surface area contributed by atoms with Gasteiger partial charge in [-0.25, -0.2) is 0 Å². The van der Waals surface area contributed by atoms with E-state index in [4.69, 9.17) is 10.5 Å². The predicted octanol–water partition coefficient (Wildman–Crippen LogP) is 1.67. The first-order chi connectivity index (χ1) is 9.25. The summed E-state index contributed by atoms with van der Waals surface area (Å²) in [5.41, 5.74) is 8.21. The van der Waals surface area contributed by atoms with Crippen molar-refractivity contribution in [2.45, 2.75) is 31.4 Å². The van der Waals surface area contributed by atoms with Gasteiger partial charge in [0, 0.05) is 19.1 Å². The van der Waals surface area contributed by atoms with Crippen LogP contribution in [0.2, 0.25) is 0 Å². The third-order valence-corrected chi connectivity index (χ3v) is 3.99. The number of likely N-dealkylation sites (tertiary alicyclic amines) is 1. The summed E-state index contributed by atoms with van der Waals surface area (Å²) < 4.78 is 5.72. The van der Waals surface area contributed by atoms with Crippen LogP contribution in [0.25, 0.3) is 0 Å². The standard InChI is InChI=1S/C15H20N2O2.ClH/c16-12-5-3-8-17(10-12)15(18)14-13-6-2-1-4-11(13)7-9-19-14;/h1-2,4,6,12,14H,3,5,7-10,16H2;1H. The van der Waals surface area contributed by atoms with E-state index in [-0.39, 0.29) is 24.4 Å². The van der Waals surface area contributed by atoms with Gasteiger partial charge >= 0.3 is 0 Å². The van der Waals surface area contributed by atoms with Crippen molar-refractivity contribution in [1.29, 1.82) is 0 Å². The van der Waals surface area contributed by atoms with Crippen LogP contribution in [-0.4, -0.2) is 36.5 Å². The number of nitrogens with two attached hydrogens (primary N) is 1. The Bertz CT molecular complexity index is 481. The van der Waals surface area contributed by atoms with Crippen molar-refractivity contribution in [1.82, 2.24) is 4.90 Å². The number of nitrogens with zero attached hydrogens (tertiary/aromatic N) is 1. The van der Waals surface area contributed by atoms with E-state index in [1.807, 2.05) is 23.1 Å². The van der Waals surface area contributed by atoms with E-state index in [1.54, 1.807) is 0 Å². The minimum atomic E-state index is -0.435. The fourth-order valence-corrected chi connectivity index (χ4v) is 2.97. The number of rotatable bonds is 1. The van der Waals surface area contributed by atoms with Gasteiger partial charge in [0.05, 0.1) is 6.61 Å². The zero-order valence-corrected chi connectivity index (χ0v) is 12.3. The average Bonchev–Trinajstić information content (AvgIpc) is 2.46. The number of amides is 1. The second kappa shape index (κ2) is 6.57. The Labute approximate surface area is 125 Å². The lowest BCUT2D eigenvalue weighted by atomic mass is 9.96. The summed E-state index contributed by atoms with van der Waals surface area (Å²) in [7, 11) is 0. The SMILES string of the molecule is Cl.NC1CCCN(C(=O)C2OCCc3ccccc32)C1. The number of halogens is 1. The fourth-order valence-electron chi connectivity index (χ4n) is 2.97. The van der Waals surface area contributed by atoms with Crippen molar-refractivity contribution in [2.24, 2.45) is 5.73 Å². The Morgan fingerprint density at radius 3 is 2.95 bits per heavy atom. The third-order valence-electron chi connectivity index (χ3n) is 3.99. The molecule has 110 valence electrons. The largest absolute Gasteiger partial charge is 0.363 e. The predicted molar refractivity (Wildman–Crippen MR) is 79.9 cm³/mol. The van der Waals surface area contributed by atoms with Gasteiger partial charge in [0.25, 0.3) is 5.91 Å². The molecule has 2 aliphatic heterocycles. The monoisotopic (exact) mass is 296 g/mol. The van der Waals surface area contributed by atoms with Gasteiger partial charge in [0.1, 0.15) is 0 Å².